The van der Waals surface area contributed by atoms with E-state index in [0.717, 1.165) is 23.4 Å². The van der Waals surface area contributed by atoms with Crippen LogP contribution in [-0.2, 0) is 14.9 Å². The normalized spacial score (nSPS) is 12.5. The summed E-state index contributed by atoms with van der Waals surface area (Å²) in [6, 6.07) is 12.8. The van der Waals surface area contributed by atoms with E-state index in [9.17, 15) is 9.59 Å². The molecule has 1 aliphatic heterocycles. The smallest absolute Gasteiger partial charge is 0.257 e. The summed E-state index contributed by atoms with van der Waals surface area (Å²) >= 11 is 0. The molecule has 0 radical (unpaired) electrons. The molecule has 1 aromatic heterocycles. The number of nitrogens with zero attached hydrogens (tertiary/aromatic N) is 2. The van der Waals surface area contributed by atoms with E-state index in [2.05, 4.69) is 31.2 Å². The summed E-state index contributed by atoms with van der Waals surface area (Å²) in [6.07, 6.45) is 3.88. The quantitative estimate of drug-likeness (QED) is 0.341. The second kappa shape index (κ2) is 10.5. The summed E-state index contributed by atoms with van der Waals surface area (Å²) in [5.74, 6) is 0.349. The van der Waals surface area contributed by atoms with Crippen LogP contribution in [0.15, 0.2) is 55.0 Å². The minimum absolute atomic E-state index is 0.0782. The number of carbonyl (C=O) groups is 2. The maximum atomic E-state index is 13.0. The van der Waals surface area contributed by atoms with Gasteiger partial charge in [-0.3, -0.25) is 9.59 Å². The minimum Gasteiger partial charge on any atom is -0.382 e. The molecular formula is C26H30N6O3. The lowest BCUT2D eigenvalue weighted by Gasteiger charge is -2.25. The number of benzene rings is 2. The van der Waals surface area contributed by atoms with Crippen molar-refractivity contribution >= 4 is 40.4 Å². The molecule has 1 aliphatic rings. The molecule has 182 valence electrons. The molecule has 0 spiro atoms. The van der Waals surface area contributed by atoms with Crippen LogP contribution in [-0.4, -0.2) is 41.5 Å². The van der Waals surface area contributed by atoms with Gasteiger partial charge in [0.05, 0.1) is 28.0 Å². The average Bonchev–Trinajstić information content (AvgIpc) is 2.99. The Morgan fingerprint density at radius 1 is 1.06 bits per heavy atom. The summed E-state index contributed by atoms with van der Waals surface area (Å²) in [6.45, 7) is 7.52. The topological polar surface area (TPSA) is 117 Å². The summed E-state index contributed by atoms with van der Waals surface area (Å²) in [7, 11) is 0. The first-order valence-electron chi connectivity index (χ1n) is 11.6. The molecule has 4 rings (SSSR count). The molecule has 9 nitrogen and oxygen atoms in total. The number of aromatic nitrogens is 2. The fourth-order valence-electron chi connectivity index (χ4n) is 3.79. The van der Waals surface area contributed by atoms with E-state index < -0.39 is 5.41 Å². The third-order valence-electron chi connectivity index (χ3n) is 5.90. The first-order valence-corrected chi connectivity index (χ1v) is 11.6. The summed E-state index contributed by atoms with van der Waals surface area (Å²) in [4.78, 5) is 34.0. The standard InChI is InChI=1S/C26H30N6O3/c1-4-35-13-5-11-28-25(34)26(2,3)17-6-9-20-22(14-17)32-24(33)19-8-7-18(15-21(19)31-20)30-23-10-12-27-16-29-23/h6-10,12,14-16,31H,4-5,11,13H2,1-3H3,(H,28,34)(H,32,33)(H,27,29,30). The lowest BCUT2D eigenvalue weighted by molar-refractivity contribution is -0.125. The Hall–Kier alpha value is -3.98. The summed E-state index contributed by atoms with van der Waals surface area (Å²) < 4.78 is 5.33. The van der Waals surface area contributed by atoms with E-state index in [-0.39, 0.29) is 11.8 Å². The molecule has 2 amide bonds. The maximum Gasteiger partial charge on any atom is 0.257 e. The number of ether oxygens (including phenoxy) is 1. The highest BCUT2D eigenvalue weighted by atomic mass is 16.5. The second-order valence-electron chi connectivity index (χ2n) is 8.75. The highest BCUT2D eigenvalue weighted by Gasteiger charge is 2.31. The van der Waals surface area contributed by atoms with Crippen LogP contribution in [0.25, 0.3) is 0 Å². The average molecular weight is 475 g/mol. The monoisotopic (exact) mass is 474 g/mol. The van der Waals surface area contributed by atoms with Gasteiger partial charge in [-0.05, 0) is 69.2 Å². The lowest BCUT2D eigenvalue weighted by Crippen LogP contribution is -2.40. The van der Waals surface area contributed by atoms with Crippen molar-refractivity contribution in [1.82, 2.24) is 15.3 Å². The van der Waals surface area contributed by atoms with Crippen molar-refractivity contribution in [3.63, 3.8) is 0 Å². The van der Waals surface area contributed by atoms with Crippen molar-refractivity contribution in [2.24, 2.45) is 0 Å². The van der Waals surface area contributed by atoms with Gasteiger partial charge in [-0.2, -0.15) is 0 Å². The van der Waals surface area contributed by atoms with Crippen LogP contribution in [0.2, 0.25) is 0 Å². The zero-order chi connectivity index (χ0) is 24.8. The van der Waals surface area contributed by atoms with Crippen molar-refractivity contribution in [2.45, 2.75) is 32.6 Å². The van der Waals surface area contributed by atoms with Crippen LogP contribution in [0.3, 0.4) is 0 Å². The zero-order valence-corrected chi connectivity index (χ0v) is 20.1. The molecule has 9 heteroatoms. The first-order chi connectivity index (χ1) is 16.9. The molecule has 0 aliphatic carbocycles. The van der Waals surface area contributed by atoms with Gasteiger partial charge in [0.15, 0.2) is 0 Å². The van der Waals surface area contributed by atoms with Crippen LogP contribution < -0.4 is 21.3 Å². The van der Waals surface area contributed by atoms with E-state index in [1.54, 1.807) is 18.3 Å². The predicted octanol–water partition coefficient (Wildman–Crippen LogP) is 4.35. The van der Waals surface area contributed by atoms with Crippen molar-refractivity contribution < 1.29 is 14.3 Å². The molecule has 35 heavy (non-hydrogen) atoms. The maximum absolute atomic E-state index is 13.0. The molecule has 0 unspecified atom stereocenters. The van der Waals surface area contributed by atoms with Gasteiger partial charge in [0, 0.05) is 31.6 Å². The number of nitrogens with one attached hydrogen (secondary N) is 4. The number of amides is 2. The molecule has 2 aromatic carbocycles. The van der Waals surface area contributed by atoms with Crippen molar-refractivity contribution in [2.75, 3.05) is 35.7 Å². The Kier molecular flexibility index (Phi) is 7.26. The Balaban J connectivity index is 1.52. The van der Waals surface area contributed by atoms with Gasteiger partial charge >= 0.3 is 0 Å². The highest BCUT2D eigenvalue weighted by molar-refractivity contribution is 6.12. The third kappa shape index (κ3) is 5.58. The van der Waals surface area contributed by atoms with Gasteiger partial charge in [0.1, 0.15) is 12.1 Å². The number of anilines is 5. The minimum atomic E-state index is -0.779. The number of hydrogen-bond acceptors (Lipinski definition) is 7. The Bertz CT molecular complexity index is 1210. The van der Waals surface area contributed by atoms with Gasteiger partial charge < -0.3 is 26.0 Å². The van der Waals surface area contributed by atoms with Crippen LogP contribution >= 0.6 is 0 Å². The zero-order valence-electron chi connectivity index (χ0n) is 20.1. The van der Waals surface area contributed by atoms with Crippen LogP contribution in [0, 0.1) is 0 Å². The van der Waals surface area contributed by atoms with Crippen LogP contribution in [0.1, 0.15) is 43.1 Å². The molecule has 0 atom stereocenters. The Labute approximate surface area is 204 Å². The van der Waals surface area contributed by atoms with Crippen LogP contribution in [0.4, 0.5) is 28.6 Å². The first kappa shape index (κ1) is 24.2. The van der Waals surface area contributed by atoms with Crippen molar-refractivity contribution in [3.05, 3.63) is 66.1 Å². The van der Waals surface area contributed by atoms with Crippen LogP contribution in [0.5, 0.6) is 0 Å². The van der Waals surface area contributed by atoms with Gasteiger partial charge in [-0.15, -0.1) is 0 Å². The van der Waals surface area contributed by atoms with Gasteiger partial charge in [-0.1, -0.05) is 6.07 Å². The summed E-state index contributed by atoms with van der Waals surface area (Å²) in [5, 5.41) is 12.5. The molecule has 0 saturated heterocycles. The number of hydrogen-bond donors (Lipinski definition) is 4. The highest BCUT2D eigenvalue weighted by Crippen LogP contribution is 2.37. The molecule has 0 bridgehead atoms. The number of rotatable bonds is 9. The number of fused-ring (bicyclic) bond motifs is 2. The van der Waals surface area contributed by atoms with E-state index in [1.165, 1.54) is 6.33 Å². The molecule has 4 N–H and O–H groups in total. The molecular weight excluding hydrogens is 444 g/mol. The van der Waals surface area contributed by atoms with Gasteiger partial charge in [-0.25, -0.2) is 9.97 Å². The number of carbonyl (C=O) groups excluding carboxylic acids is 2. The van der Waals surface area contributed by atoms with Crippen molar-refractivity contribution in [1.29, 1.82) is 0 Å². The second-order valence-corrected chi connectivity index (χ2v) is 8.75. The predicted molar refractivity (Wildman–Crippen MR) is 137 cm³/mol. The fourth-order valence-corrected chi connectivity index (χ4v) is 3.79. The third-order valence-corrected chi connectivity index (χ3v) is 5.90. The van der Waals surface area contributed by atoms with E-state index in [0.29, 0.717) is 42.5 Å². The SMILES string of the molecule is CCOCCCNC(=O)C(C)(C)c1ccc2c(c1)NC(=O)c1ccc(Nc3ccncn3)cc1N2. The molecule has 3 aromatic rings. The Morgan fingerprint density at radius 2 is 1.91 bits per heavy atom. The fraction of sp³-hybridized carbons (Fsp3) is 0.308. The largest absolute Gasteiger partial charge is 0.382 e. The Morgan fingerprint density at radius 3 is 2.69 bits per heavy atom. The molecule has 0 saturated carbocycles. The molecule has 2 heterocycles. The van der Waals surface area contributed by atoms with Gasteiger partial charge in [0.2, 0.25) is 5.91 Å². The molecule has 0 fully saturated rings. The van der Waals surface area contributed by atoms with E-state index >= 15 is 0 Å². The van der Waals surface area contributed by atoms with Crippen molar-refractivity contribution in [3.8, 4) is 0 Å². The van der Waals surface area contributed by atoms with E-state index in [4.69, 9.17) is 4.74 Å². The van der Waals surface area contributed by atoms with Gasteiger partial charge in [0.25, 0.3) is 5.91 Å². The van der Waals surface area contributed by atoms with E-state index in [1.807, 2.05) is 51.1 Å². The lowest BCUT2D eigenvalue weighted by atomic mass is 9.83. The summed E-state index contributed by atoms with van der Waals surface area (Å²) in [5.41, 5.74) is 3.35.